The van der Waals surface area contributed by atoms with Gasteiger partial charge in [0.05, 0.1) is 10.6 Å². The molecule has 1 fully saturated rings. The summed E-state index contributed by atoms with van der Waals surface area (Å²) in [6, 6.07) is 3.82. The zero-order valence-corrected chi connectivity index (χ0v) is 18.9. The molecule has 0 saturated heterocycles. The summed E-state index contributed by atoms with van der Waals surface area (Å²) in [6.45, 7) is 2.57. The number of rotatable bonds is 7. The average molecular weight is 460 g/mol. The van der Waals surface area contributed by atoms with Crippen molar-refractivity contribution < 1.29 is 22.3 Å². The second kappa shape index (κ2) is 7.52. The van der Waals surface area contributed by atoms with Gasteiger partial charge in [-0.05, 0) is 62.8 Å². The Morgan fingerprint density at radius 1 is 1.25 bits per heavy atom. The lowest BCUT2D eigenvalue weighted by Gasteiger charge is -2.18. The van der Waals surface area contributed by atoms with E-state index >= 15 is 0 Å². The molecule has 0 bridgehead atoms. The third-order valence-electron chi connectivity index (χ3n) is 6.11. The van der Waals surface area contributed by atoms with E-state index in [2.05, 4.69) is 15.0 Å². The van der Waals surface area contributed by atoms with E-state index in [1.807, 2.05) is 12.1 Å². The fourth-order valence-corrected chi connectivity index (χ4v) is 6.12. The SMILES string of the molecule is CC(C)(F)CNS(=O)(=O)c1c2c(cc3cnc(C4CC4)cc13)CC(NC1=CC(=O)OC1)C2. The van der Waals surface area contributed by atoms with Gasteiger partial charge in [-0.25, -0.2) is 22.3 Å². The zero-order valence-electron chi connectivity index (χ0n) is 18.1. The van der Waals surface area contributed by atoms with E-state index in [0.29, 0.717) is 29.8 Å². The molecule has 2 heterocycles. The Morgan fingerprint density at radius 2 is 2.03 bits per heavy atom. The minimum atomic E-state index is -3.97. The predicted octanol–water partition coefficient (Wildman–Crippen LogP) is 2.64. The Hall–Kier alpha value is -2.52. The molecular weight excluding hydrogens is 433 g/mol. The molecule has 5 rings (SSSR count). The highest BCUT2D eigenvalue weighted by Crippen LogP contribution is 2.42. The molecule has 1 aliphatic heterocycles. The van der Waals surface area contributed by atoms with E-state index in [0.717, 1.165) is 35.0 Å². The molecule has 9 heteroatoms. The molecule has 1 unspecified atom stereocenters. The van der Waals surface area contributed by atoms with Gasteiger partial charge in [-0.1, -0.05) is 0 Å². The summed E-state index contributed by atoms with van der Waals surface area (Å²) in [4.78, 5) is 16.1. The Bertz CT molecular complexity index is 1250. The first-order valence-corrected chi connectivity index (χ1v) is 12.3. The summed E-state index contributed by atoms with van der Waals surface area (Å²) in [5.41, 5.74) is 1.57. The molecule has 2 aromatic rings. The van der Waals surface area contributed by atoms with Crippen molar-refractivity contribution in [1.29, 1.82) is 0 Å². The molecule has 3 aliphatic rings. The molecule has 2 aliphatic carbocycles. The van der Waals surface area contributed by atoms with Crippen LogP contribution in [0.1, 0.15) is 49.4 Å². The highest BCUT2D eigenvalue weighted by atomic mass is 32.2. The average Bonchev–Trinajstić information content (AvgIpc) is 3.37. The van der Waals surface area contributed by atoms with Gasteiger partial charge in [0.25, 0.3) is 0 Å². The van der Waals surface area contributed by atoms with Gasteiger partial charge in [0.15, 0.2) is 0 Å². The third-order valence-corrected chi connectivity index (χ3v) is 7.64. The van der Waals surface area contributed by atoms with Gasteiger partial charge in [0, 0.05) is 47.2 Å². The van der Waals surface area contributed by atoms with Crippen LogP contribution in [0.4, 0.5) is 4.39 Å². The molecule has 1 aromatic carbocycles. The number of sulfonamides is 1. The lowest BCUT2D eigenvalue weighted by molar-refractivity contribution is -0.135. The monoisotopic (exact) mass is 459 g/mol. The number of aromatic nitrogens is 1. The molecule has 0 amide bonds. The maximum absolute atomic E-state index is 14.1. The third kappa shape index (κ3) is 4.23. The van der Waals surface area contributed by atoms with Gasteiger partial charge in [-0.15, -0.1) is 0 Å². The Balaban J connectivity index is 1.57. The molecule has 2 N–H and O–H groups in total. The second-order valence-electron chi connectivity index (χ2n) is 9.52. The van der Waals surface area contributed by atoms with E-state index in [9.17, 15) is 17.6 Å². The second-order valence-corrected chi connectivity index (χ2v) is 11.2. The smallest absolute Gasteiger partial charge is 0.333 e. The summed E-state index contributed by atoms with van der Waals surface area (Å²) < 4.78 is 48.5. The van der Waals surface area contributed by atoms with Crippen LogP contribution in [-0.2, 0) is 32.4 Å². The first-order valence-electron chi connectivity index (χ1n) is 10.9. The first-order chi connectivity index (χ1) is 15.1. The predicted molar refractivity (Wildman–Crippen MR) is 117 cm³/mol. The standard InChI is InChI=1S/C23H26FN3O4S/c1-23(2,24)12-26-32(29,30)22-18-7-16(27-17-8-21(28)31-11-17)6-14(18)5-15-10-25-20(9-19(15)22)13-3-4-13/h5,8-10,13,16,26-27H,3-4,6-7,11-12H2,1-2H3. The number of ether oxygens (including phenoxy) is 1. The highest BCUT2D eigenvalue weighted by Gasteiger charge is 2.34. The normalized spacial score (nSPS) is 20.9. The number of hydrogen-bond acceptors (Lipinski definition) is 6. The number of cyclic esters (lactones) is 1. The minimum absolute atomic E-state index is 0.0648. The van der Waals surface area contributed by atoms with Gasteiger partial charge in [-0.3, -0.25) is 4.98 Å². The minimum Gasteiger partial charge on any atom is -0.456 e. The highest BCUT2D eigenvalue weighted by molar-refractivity contribution is 7.89. The topological polar surface area (TPSA) is 97.4 Å². The van der Waals surface area contributed by atoms with Crippen LogP contribution in [-0.4, -0.2) is 44.2 Å². The number of pyridine rings is 1. The number of halogens is 1. The van der Waals surface area contributed by atoms with E-state index < -0.39 is 15.7 Å². The molecule has 1 aromatic heterocycles. The molecule has 7 nitrogen and oxygen atoms in total. The van der Waals surface area contributed by atoms with Crippen molar-refractivity contribution >= 4 is 26.8 Å². The molecule has 170 valence electrons. The van der Waals surface area contributed by atoms with E-state index in [1.165, 1.54) is 19.9 Å². The van der Waals surface area contributed by atoms with E-state index in [1.54, 1.807) is 6.20 Å². The largest absolute Gasteiger partial charge is 0.456 e. The van der Waals surface area contributed by atoms with Gasteiger partial charge in [0.1, 0.15) is 12.3 Å². The number of nitrogens with zero attached hydrogens (tertiary/aromatic N) is 1. The fraction of sp³-hybridized carbons (Fsp3) is 0.478. The number of nitrogens with one attached hydrogen (secondary N) is 2. The quantitative estimate of drug-likeness (QED) is 0.618. The van der Waals surface area contributed by atoms with Gasteiger partial charge in [0.2, 0.25) is 10.0 Å². The number of hydrogen-bond donors (Lipinski definition) is 2. The molecule has 0 radical (unpaired) electrons. The fourth-order valence-electron chi connectivity index (χ4n) is 4.44. The lowest BCUT2D eigenvalue weighted by atomic mass is 10.0. The van der Waals surface area contributed by atoms with Crippen molar-refractivity contribution in [3.05, 3.63) is 46.9 Å². The van der Waals surface area contributed by atoms with Crippen LogP contribution in [0.3, 0.4) is 0 Å². The van der Waals surface area contributed by atoms with Crippen LogP contribution in [0.15, 0.2) is 35.0 Å². The molecular formula is C23H26FN3O4S. The van der Waals surface area contributed by atoms with Crippen LogP contribution < -0.4 is 10.0 Å². The number of esters is 1. The van der Waals surface area contributed by atoms with E-state index in [-0.39, 0.29) is 30.1 Å². The summed E-state index contributed by atoms with van der Waals surface area (Å²) >= 11 is 0. The van der Waals surface area contributed by atoms with Crippen LogP contribution in [0.2, 0.25) is 0 Å². The van der Waals surface area contributed by atoms with Crippen molar-refractivity contribution in [3.8, 4) is 0 Å². The summed E-state index contributed by atoms with van der Waals surface area (Å²) in [6.07, 6.45) is 6.37. The number of carbonyl (C=O) groups is 1. The summed E-state index contributed by atoms with van der Waals surface area (Å²) in [5, 5.41) is 4.69. The van der Waals surface area contributed by atoms with Gasteiger partial charge < -0.3 is 10.1 Å². The molecule has 0 spiro atoms. The van der Waals surface area contributed by atoms with E-state index in [4.69, 9.17) is 4.74 Å². The van der Waals surface area contributed by atoms with Crippen molar-refractivity contribution in [2.24, 2.45) is 0 Å². The van der Waals surface area contributed by atoms with Crippen LogP contribution in [0.25, 0.3) is 10.8 Å². The van der Waals surface area contributed by atoms with Gasteiger partial charge >= 0.3 is 5.97 Å². The van der Waals surface area contributed by atoms with Crippen molar-refractivity contribution in [3.63, 3.8) is 0 Å². The molecule has 1 atom stereocenters. The van der Waals surface area contributed by atoms with Crippen LogP contribution >= 0.6 is 0 Å². The van der Waals surface area contributed by atoms with Gasteiger partial charge in [-0.2, -0.15) is 0 Å². The molecule has 1 saturated carbocycles. The maximum Gasteiger partial charge on any atom is 0.333 e. The van der Waals surface area contributed by atoms with Crippen LogP contribution in [0.5, 0.6) is 0 Å². The number of benzene rings is 1. The summed E-state index contributed by atoms with van der Waals surface area (Å²) in [5.74, 6) is -0.00377. The molecule has 32 heavy (non-hydrogen) atoms. The summed E-state index contributed by atoms with van der Waals surface area (Å²) in [7, 11) is -3.97. The first kappa shape index (κ1) is 21.3. The Kier molecular flexibility index (Phi) is 5.01. The zero-order chi connectivity index (χ0) is 22.7. The maximum atomic E-state index is 14.1. The van der Waals surface area contributed by atoms with Crippen LogP contribution in [0, 0.1) is 0 Å². The van der Waals surface area contributed by atoms with Crippen molar-refractivity contribution in [2.45, 2.75) is 62.1 Å². The van der Waals surface area contributed by atoms with Crippen molar-refractivity contribution in [1.82, 2.24) is 15.0 Å². The number of fused-ring (bicyclic) bond motifs is 2. The lowest BCUT2D eigenvalue weighted by Crippen LogP contribution is -2.36. The number of carbonyl (C=O) groups excluding carboxylic acids is 1. The van der Waals surface area contributed by atoms with Crippen molar-refractivity contribution in [2.75, 3.05) is 13.2 Å². The Labute approximate surface area is 186 Å². The Morgan fingerprint density at radius 3 is 2.69 bits per heavy atom. The number of alkyl halides is 1.